The number of thiazole rings is 1. The summed E-state index contributed by atoms with van der Waals surface area (Å²) < 4.78 is 0. The fraction of sp³-hybridized carbons (Fsp3) is 0. The zero-order chi connectivity index (χ0) is 21.1. The van der Waals surface area contributed by atoms with Gasteiger partial charge in [-0.3, -0.25) is 20.2 Å². The Morgan fingerprint density at radius 1 is 0.935 bits per heavy atom. The fourth-order valence-electron chi connectivity index (χ4n) is 2.95. The molecule has 0 saturated heterocycles. The van der Waals surface area contributed by atoms with Gasteiger partial charge in [-0.1, -0.05) is 77.5 Å². The Hall–Kier alpha value is -3.26. The summed E-state index contributed by atoms with van der Waals surface area (Å²) in [6, 6.07) is 22.8. The van der Waals surface area contributed by atoms with Crippen LogP contribution in [-0.4, -0.2) is 15.8 Å². The minimum absolute atomic E-state index is 0. The van der Waals surface area contributed by atoms with Gasteiger partial charge < -0.3 is 0 Å². The maximum atomic E-state index is 12.7. The van der Waals surface area contributed by atoms with Gasteiger partial charge in [0.05, 0.1) is 15.5 Å². The number of carbonyl (C=O) groups is 1. The summed E-state index contributed by atoms with van der Waals surface area (Å²) >= 11 is 7.31. The zero-order valence-corrected chi connectivity index (χ0v) is 18.2. The molecule has 3 aromatic carbocycles. The van der Waals surface area contributed by atoms with Gasteiger partial charge in [0.25, 0.3) is 11.6 Å². The number of nitrogens with one attached hydrogen (secondary N) is 1. The molecular formula is C22H15Cl2N3O3S. The van der Waals surface area contributed by atoms with Crippen LogP contribution in [0, 0.1) is 10.1 Å². The highest BCUT2D eigenvalue weighted by Crippen LogP contribution is 2.39. The number of nitro groups is 1. The molecule has 0 aliphatic rings. The molecule has 1 amide bonds. The summed E-state index contributed by atoms with van der Waals surface area (Å²) in [6.07, 6.45) is 0. The van der Waals surface area contributed by atoms with Crippen molar-refractivity contribution in [2.24, 2.45) is 0 Å². The van der Waals surface area contributed by atoms with Crippen LogP contribution in [-0.2, 0) is 0 Å². The highest BCUT2D eigenvalue weighted by atomic mass is 35.5. The summed E-state index contributed by atoms with van der Waals surface area (Å²) in [6.45, 7) is 0. The highest BCUT2D eigenvalue weighted by Gasteiger charge is 2.22. The van der Waals surface area contributed by atoms with E-state index in [-0.39, 0.29) is 23.7 Å². The Morgan fingerprint density at radius 3 is 2.26 bits per heavy atom. The number of halogens is 2. The van der Waals surface area contributed by atoms with Crippen LogP contribution in [0.15, 0.2) is 78.9 Å². The molecule has 156 valence electrons. The largest absolute Gasteiger partial charge is 0.298 e. The number of nitrogens with zero attached hydrogens (tertiary/aromatic N) is 2. The summed E-state index contributed by atoms with van der Waals surface area (Å²) in [7, 11) is 0. The number of anilines is 1. The number of nitro benzene ring substituents is 1. The van der Waals surface area contributed by atoms with Crippen molar-refractivity contribution in [3.05, 3.63) is 99.6 Å². The standard InChI is InChI=1S/C22H14ClN3O3S.ClH/c23-16-12-10-14(11-13-16)19-20(15-6-2-1-3-7-15)30-22(24-19)25-21(27)17-8-4-5-9-18(17)26(28)29;/h1-13H,(H,24,25,27);1H. The molecule has 1 N–H and O–H groups in total. The number of carbonyl (C=O) groups excluding carboxylic acids is 1. The lowest BCUT2D eigenvalue weighted by Gasteiger charge is -2.03. The van der Waals surface area contributed by atoms with Crippen molar-refractivity contribution in [3.8, 4) is 21.7 Å². The molecule has 0 unspecified atom stereocenters. The van der Waals surface area contributed by atoms with Crippen molar-refractivity contribution in [1.82, 2.24) is 4.98 Å². The smallest absolute Gasteiger partial charge is 0.282 e. The first-order chi connectivity index (χ1) is 14.5. The van der Waals surface area contributed by atoms with Gasteiger partial charge in [0.1, 0.15) is 5.56 Å². The van der Waals surface area contributed by atoms with Gasteiger partial charge in [0, 0.05) is 16.7 Å². The lowest BCUT2D eigenvalue weighted by Crippen LogP contribution is -2.13. The third-order valence-electron chi connectivity index (χ3n) is 4.35. The predicted molar refractivity (Wildman–Crippen MR) is 126 cm³/mol. The third-order valence-corrected chi connectivity index (χ3v) is 5.62. The molecular weight excluding hydrogens is 457 g/mol. The van der Waals surface area contributed by atoms with E-state index in [1.807, 2.05) is 42.5 Å². The first-order valence-corrected chi connectivity index (χ1v) is 10.1. The second-order valence-electron chi connectivity index (χ2n) is 6.30. The van der Waals surface area contributed by atoms with E-state index in [0.29, 0.717) is 15.8 Å². The number of rotatable bonds is 5. The van der Waals surface area contributed by atoms with E-state index in [2.05, 4.69) is 10.3 Å². The van der Waals surface area contributed by atoms with Gasteiger partial charge in [-0.25, -0.2) is 4.98 Å². The first kappa shape index (κ1) is 22.4. The van der Waals surface area contributed by atoms with E-state index in [9.17, 15) is 14.9 Å². The lowest BCUT2D eigenvalue weighted by molar-refractivity contribution is -0.385. The zero-order valence-electron chi connectivity index (χ0n) is 15.8. The highest BCUT2D eigenvalue weighted by molar-refractivity contribution is 7.19. The van der Waals surface area contributed by atoms with Crippen LogP contribution in [0.4, 0.5) is 10.8 Å². The predicted octanol–water partition coefficient (Wildman–Crippen LogP) is 6.71. The van der Waals surface area contributed by atoms with Gasteiger partial charge in [-0.15, -0.1) is 12.4 Å². The minimum atomic E-state index is -0.585. The molecule has 0 saturated carbocycles. The van der Waals surface area contributed by atoms with Gasteiger partial charge in [-0.05, 0) is 23.8 Å². The summed E-state index contributed by atoms with van der Waals surface area (Å²) in [5, 5.41) is 14.9. The Labute approximate surface area is 193 Å². The SMILES string of the molecule is Cl.O=C(Nc1nc(-c2ccc(Cl)cc2)c(-c2ccccc2)s1)c1ccccc1[N+](=O)[O-]. The van der Waals surface area contributed by atoms with Gasteiger partial charge in [0.2, 0.25) is 0 Å². The van der Waals surface area contributed by atoms with Crippen LogP contribution >= 0.6 is 35.3 Å². The Morgan fingerprint density at radius 2 is 1.58 bits per heavy atom. The van der Waals surface area contributed by atoms with E-state index in [1.165, 1.54) is 29.5 Å². The molecule has 31 heavy (non-hydrogen) atoms. The van der Waals surface area contributed by atoms with Crippen molar-refractivity contribution >= 4 is 52.1 Å². The number of benzene rings is 3. The molecule has 0 aliphatic heterocycles. The van der Waals surface area contributed by atoms with Crippen LogP contribution in [0.2, 0.25) is 5.02 Å². The van der Waals surface area contributed by atoms with Crippen LogP contribution in [0.3, 0.4) is 0 Å². The summed E-state index contributed by atoms with van der Waals surface area (Å²) in [4.78, 5) is 28.8. The summed E-state index contributed by atoms with van der Waals surface area (Å²) in [5.41, 5.74) is 2.22. The molecule has 0 atom stereocenters. The van der Waals surface area contributed by atoms with Crippen molar-refractivity contribution in [1.29, 1.82) is 0 Å². The second kappa shape index (κ2) is 9.70. The van der Waals surface area contributed by atoms with Crippen LogP contribution < -0.4 is 5.32 Å². The van der Waals surface area contributed by atoms with Crippen LogP contribution in [0.1, 0.15) is 10.4 Å². The monoisotopic (exact) mass is 471 g/mol. The normalized spacial score (nSPS) is 10.2. The van der Waals surface area contributed by atoms with Gasteiger partial charge in [0.15, 0.2) is 5.13 Å². The minimum Gasteiger partial charge on any atom is -0.298 e. The van der Waals surface area contributed by atoms with Crippen LogP contribution in [0.25, 0.3) is 21.7 Å². The molecule has 9 heteroatoms. The molecule has 4 rings (SSSR count). The third kappa shape index (κ3) is 4.91. The summed E-state index contributed by atoms with van der Waals surface area (Å²) in [5.74, 6) is -0.585. The molecule has 4 aromatic rings. The van der Waals surface area contributed by atoms with Crippen molar-refractivity contribution < 1.29 is 9.72 Å². The average Bonchev–Trinajstić information content (AvgIpc) is 3.18. The quantitative estimate of drug-likeness (QED) is 0.258. The number of amides is 1. The maximum Gasteiger partial charge on any atom is 0.282 e. The van der Waals surface area contributed by atoms with Crippen molar-refractivity contribution in [3.63, 3.8) is 0 Å². The molecule has 0 spiro atoms. The maximum absolute atomic E-state index is 12.7. The molecule has 1 heterocycles. The lowest BCUT2D eigenvalue weighted by atomic mass is 10.1. The molecule has 6 nitrogen and oxygen atoms in total. The Balaban J connectivity index is 0.00000272. The second-order valence-corrected chi connectivity index (χ2v) is 7.73. The number of aromatic nitrogens is 1. The topological polar surface area (TPSA) is 85.1 Å². The van der Waals surface area contributed by atoms with Crippen molar-refractivity contribution in [2.75, 3.05) is 5.32 Å². The number of hydrogen-bond donors (Lipinski definition) is 1. The molecule has 0 aliphatic carbocycles. The number of hydrogen-bond acceptors (Lipinski definition) is 5. The fourth-order valence-corrected chi connectivity index (χ4v) is 4.07. The van der Waals surface area contributed by atoms with E-state index in [1.54, 1.807) is 18.2 Å². The average molecular weight is 472 g/mol. The van der Waals surface area contributed by atoms with Crippen molar-refractivity contribution in [2.45, 2.75) is 0 Å². The van der Waals surface area contributed by atoms with Gasteiger partial charge >= 0.3 is 0 Å². The van der Waals surface area contributed by atoms with E-state index >= 15 is 0 Å². The molecule has 1 aromatic heterocycles. The van der Waals surface area contributed by atoms with Gasteiger partial charge in [-0.2, -0.15) is 0 Å². The molecule has 0 radical (unpaired) electrons. The number of para-hydroxylation sites is 1. The Kier molecular flexibility index (Phi) is 7.02. The van der Waals surface area contributed by atoms with E-state index < -0.39 is 10.8 Å². The Bertz CT molecular complexity index is 1230. The van der Waals surface area contributed by atoms with E-state index in [0.717, 1.165) is 16.0 Å². The van der Waals surface area contributed by atoms with Crippen LogP contribution in [0.5, 0.6) is 0 Å². The molecule has 0 fully saturated rings. The van der Waals surface area contributed by atoms with E-state index in [4.69, 9.17) is 11.6 Å². The first-order valence-electron chi connectivity index (χ1n) is 8.90. The molecule has 0 bridgehead atoms.